The Balaban J connectivity index is 1.35. The lowest BCUT2D eigenvalue weighted by atomic mass is 10.1. The van der Waals surface area contributed by atoms with E-state index in [-0.39, 0.29) is 5.91 Å². The monoisotopic (exact) mass is 393 g/mol. The first kappa shape index (κ1) is 18.7. The molecule has 1 amide bonds. The van der Waals surface area contributed by atoms with Crippen LogP contribution in [0.3, 0.4) is 0 Å². The fraction of sp³-hybridized carbons (Fsp3) is 0.286. The zero-order chi connectivity index (χ0) is 19.2. The Kier molecular flexibility index (Phi) is 6.04. The van der Waals surface area contributed by atoms with E-state index in [0.29, 0.717) is 18.2 Å². The van der Waals surface area contributed by atoms with Crippen molar-refractivity contribution in [3.05, 3.63) is 78.1 Å². The second-order valence-corrected chi connectivity index (χ2v) is 7.94. The van der Waals surface area contributed by atoms with E-state index >= 15 is 0 Å². The summed E-state index contributed by atoms with van der Waals surface area (Å²) in [5, 5.41) is 10.9. The Hall–Kier alpha value is -2.64. The van der Waals surface area contributed by atoms with Crippen LogP contribution in [0.15, 0.2) is 67.0 Å². The second-order valence-electron chi connectivity index (χ2n) is 6.79. The molecular weight excluding hydrogens is 370 g/mol. The topological polar surface area (TPSA) is 63.1 Å². The molecule has 0 radical (unpaired) electrons. The van der Waals surface area contributed by atoms with E-state index in [9.17, 15) is 4.79 Å². The van der Waals surface area contributed by atoms with Crippen molar-refractivity contribution in [2.24, 2.45) is 0 Å². The minimum absolute atomic E-state index is 0.0413. The molecule has 1 N–H and O–H groups in total. The van der Waals surface area contributed by atoms with Crippen molar-refractivity contribution in [3.63, 3.8) is 0 Å². The molecule has 1 atom stereocenters. The number of amides is 1. The molecule has 0 bridgehead atoms. The van der Waals surface area contributed by atoms with Crippen LogP contribution in [0.2, 0.25) is 0 Å². The first-order valence-corrected chi connectivity index (χ1v) is 10.6. The number of rotatable bonds is 6. The van der Waals surface area contributed by atoms with E-state index in [0.717, 1.165) is 30.3 Å². The first-order valence-electron chi connectivity index (χ1n) is 9.40. The maximum Gasteiger partial charge on any atom is 0.251 e. The lowest BCUT2D eigenvalue weighted by Crippen LogP contribution is -2.48. The van der Waals surface area contributed by atoms with E-state index in [4.69, 9.17) is 0 Å². The van der Waals surface area contributed by atoms with Gasteiger partial charge < -0.3 is 5.32 Å². The highest BCUT2D eigenvalue weighted by Crippen LogP contribution is 2.19. The molecule has 7 heteroatoms. The van der Waals surface area contributed by atoms with Gasteiger partial charge >= 0.3 is 0 Å². The van der Waals surface area contributed by atoms with E-state index in [1.165, 1.54) is 5.56 Å². The van der Waals surface area contributed by atoms with Crippen LogP contribution in [-0.4, -0.2) is 56.4 Å². The molecule has 6 nitrogen and oxygen atoms in total. The molecule has 3 aromatic rings. The van der Waals surface area contributed by atoms with Gasteiger partial charge in [-0.05, 0) is 29.8 Å². The highest BCUT2D eigenvalue weighted by Gasteiger charge is 2.23. The van der Waals surface area contributed by atoms with Gasteiger partial charge in [0.15, 0.2) is 0 Å². The fourth-order valence-corrected chi connectivity index (χ4v) is 4.46. The van der Waals surface area contributed by atoms with Crippen LogP contribution in [0.4, 0.5) is 0 Å². The highest BCUT2D eigenvalue weighted by atomic mass is 32.2. The summed E-state index contributed by atoms with van der Waals surface area (Å²) in [4.78, 5) is 15.1. The van der Waals surface area contributed by atoms with Crippen molar-refractivity contribution >= 4 is 17.7 Å². The number of carbonyl (C=O) groups is 1. The summed E-state index contributed by atoms with van der Waals surface area (Å²) in [6.07, 6.45) is 3.40. The third-order valence-electron chi connectivity index (χ3n) is 4.89. The zero-order valence-electron chi connectivity index (χ0n) is 15.6. The number of thioether (sulfide) groups is 1. The number of benzene rings is 2. The third kappa shape index (κ3) is 4.61. The Morgan fingerprint density at radius 3 is 2.71 bits per heavy atom. The van der Waals surface area contributed by atoms with E-state index in [1.54, 1.807) is 17.1 Å². The molecule has 2 aromatic carbocycles. The smallest absolute Gasteiger partial charge is 0.251 e. The van der Waals surface area contributed by atoms with Crippen LogP contribution in [0.5, 0.6) is 0 Å². The lowest BCUT2D eigenvalue weighted by Gasteiger charge is -2.35. The molecule has 1 saturated heterocycles. The lowest BCUT2D eigenvalue weighted by molar-refractivity contribution is 0.0935. The largest absolute Gasteiger partial charge is 0.350 e. The Morgan fingerprint density at radius 2 is 1.96 bits per heavy atom. The molecule has 1 aliphatic rings. The third-order valence-corrected chi connectivity index (χ3v) is 5.98. The number of nitrogens with zero attached hydrogens (tertiary/aromatic N) is 4. The fourth-order valence-electron chi connectivity index (χ4n) is 3.33. The van der Waals surface area contributed by atoms with Crippen molar-refractivity contribution in [2.45, 2.75) is 12.6 Å². The number of carbonyl (C=O) groups excluding carboxylic acids is 1. The van der Waals surface area contributed by atoms with Gasteiger partial charge in [0.05, 0.1) is 18.1 Å². The molecule has 28 heavy (non-hydrogen) atoms. The average molecular weight is 394 g/mol. The van der Waals surface area contributed by atoms with Gasteiger partial charge in [-0.1, -0.05) is 35.5 Å². The SMILES string of the molecule is O=C(NC[C@H]1CSCCN1Cc1ccccc1)c1ccc(-n2ccnn2)cc1. The molecular formula is C21H23N5OS. The predicted octanol–water partition coefficient (Wildman–Crippen LogP) is 2.61. The summed E-state index contributed by atoms with van der Waals surface area (Å²) in [5.41, 5.74) is 2.85. The standard InChI is InChI=1S/C21H23N5OS/c27-21(18-6-8-19(9-7-18)26-11-10-23-24-26)22-14-20-16-28-13-12-25(20)15-17-4-2-1-3-5-17/h1-11,20H,12-16H2,(H,22,27)/t20-/m0/s1. The number of hydrogen-bond acceptors (Lipinski definition) is 5. The number of aromatic nitrogens is 3. The van der Waals surface area contributed by atoms with Crippen LogP contribution in [-0.2, 0) is 6.54 Å². The van der Waals surface area contributed by atoms with Gasteiger partial charge in [0.25, 0.3) is 5.91 Å². The van der Waals surface area contributed by atoms with Gasteiger partial charge in [-0.3, -0.25) is 9.69 Å². The highest BCUT2D eigenvalue weighted by molar-refractivity contribution is 7.99. The zero-order valence-corrected chi connectivity index (χ0v) is 16.4. The van der Waals surface area contributed by atoms with Gasteiger partial charge in [0, 0.05) is 42.7 Å². The maximum atomic E-state index is 12.6. The maximum absolute atomic E-state index is 12.6. The predicted molar refractivity (Wildman–Crippen MR) is 112 cm³/mol. The minimum Gasteiger partial charge on any atom is -0.350 e. The molecule has 0 spiro atoms. The molecule has 2 heterocycles. The van der Waals surface area contributed by atoms with Crippen LogP contribution in [0.25, 0.3) is 5.69 Å². The number of nitrogens with one attached hydrogen (secondary N) is 1. The molecule has 1 aliphatic heterocycles. The van der Waals surface area contributed by atoms with Crippen molar-refractivity contribution in [1.82, 2.24) is 25.2 Å². The quantitative estimate of drug-likeness (QED) is 0.698. The van der Waals surface area contributed by atoms with Crippen molar-refractivity contribution in [3.8, 4) is 5.69 Å². The van der Waals surface area contributed by atoms with E-state index in [2.05, 4.69) is 44.8 Å². The van der Waals surface area contributed by atoms with Crippen LogP contribution in [0.1, 0.15) is 15.9 Å². The van der Waals surface area contributed by atoms with Gasteiger partial charge in [0.1, 0.15) is 0 Å². The summed E-state index contributed by atoms with van der Waals surface area (Å²) in [6.45, 7) is 2.63. The van der Waals surface area contributed by atoms with Crippen LogP contribution in [0, 0.1) is 0 Å². The van der Waals surface area contributed by atoms with Crippen LogP contribution >= 0.6 is 11.8 Å². The first-order chi connectivity index (χ1) is 13.8. The van der Waals surface area contributed by atoms with Crippen molar-refractivity contribution in [2.75, 3.05) is 24.6 Å². The Morgan fingerprint density at radius 1 is 1.14 bits per heavy atom. The normalized spacial score (nSPS) is 17.4. The summed E-state index contributed by atoms with van der Waals surface area (Å²) >= 11 is 1.96. The van der Waals surface area contributed by atoms with Gasteiger partial charge in [-0.15, -0.1) is 5.10 Å². The van der Waals surface area contributed by atoms with E-state index < -0.39 is 0 Å². The molecule has 4 rings (SSSR count). The Bertz CT molecular complexity index is 883. The molecule has 144 valence electrons. The molecule has 0 saturated carbocycles. The summed E-state index contributed by atoms with van der Waals surface area (Å²) < 4.78 is 1.67. The second kappa shape index (κ2) is 9.03. The molecule has 0 aliphatic carbocycles. The van der Waals surface area contributed by atoms with Crippen molar-refractivity contribution < 1.29 is 4.79 Å². The summed E-state index contributed by atoms with van der Waals surface area (Å²) in [5.74, 6) is 2.14. The summed E-state index contributed by atoms with van der Waals surface area (Å²) in [7, 11) is 0. The minimum atomic E-state index is -0.0413. The molecule has 0 unspecified atom stereocenters. The molecule has 1 aromatic heterocycles. The van der Waals surface area contributed by atoms with E-state index in [1.807, 2.05) is 42.1 Å². The van der Waals surface area contributed by atoms with Crippen molar-refractivity contribution in [1.29, 1.82) is 0 Å². The van der Waals surface area contributed by atoms with Gasteiger partial charge in [-0.2, -0.15) is 11.8 Å². The van der Waals surface area contributed by atoms with Gasteiger partial charge in [-0.25, -0.2) is 4.68 Å². The average Bonchev–Trinajstić information content (AvgIpc) is 3.29. The van der Waals surface area contributed by atoms with Gasteiger partial charge in [0.2, 0.25) is 0 Å². The Labute approximate surface area is 168 Å². The van der Waals surface area contributed by atoms with Crippen LogP contribution < -0.4 is 5.32 Å². The number of hydrogen-bond donors (Lipinski definition) is 1. The molecule has 1 fully saturated rings. The summed E-state index contributed by atoms with van der Waals surface area (Å²) in [6, 6.07) is 18.3.